The monoisotopic (exact) mass is 358 g/mol. The molecule has 2 rings (SSSR count). The molecule has 0 bridgehead atoms. The highest BCUT2D eigenvalue weighted by Crippen LogP contribution is 2.17. The highest BCUT2D eigenvalue weighted by molar-refractivity contribution is 6.30. The molecule has 0 saturated heterocycles. The molecule has 132 valence electrons. The van der Waals surface area contributed by atoms with E-state index in [0.29, 0.717) is 11.4 Å². The van der Waals surface area contributed by atoms with Crippen LogP contribution in [-0.4, -0.2) is 24.3 Å². The summed E-state index contributed by atoms with van der Waals surface area (Å²) >= 11 is 5.99. The minimum absolute atomic E-state index is 0.0191. The number of amides is 1. The van der Waals surface area contributed by atoms with Crippen LogP contribution in [0.1, 0.15) is 31.0 Å². The van der Waals surface area contributed by atoms with Crippen LogP contribution in [0.15, 0.2) is 54.6 Å². The largest absolute Gasteiger partial charge is 0.345 e. The normalized spacial score (nSPS) is 13.1. The number of ketones is 1. The van der Waals surface area contributed by atoms with Crippen LogP contribution >= 0.6 is 11.6 Å². The number of benzene rings is 2. The SMILES string of the molecule is CC(=O)[C@@H](Cc1ccccc1)NC(=O)CN[C@H](C)c1cccc(Cl)c1. The van der Waals surface area contributed by atoms with Crippen LogP contribution in [0.3, 0.4) is 0 Å². The predicted molar refractivity (Wildman–Crippen MR) is 101 cm³/mol. The lowest BCUT2D eigenvalue weighted by Gasteiger charge is -2.18. The lowest BCUT2D eigenvalue weighted by Crippen LogP contribution is -2.45. The maximum absolute atomic E-state index is 12.2. The molecule has 0 spiro atoms. The lowest BCUT2D eigenvalue weighted by molar-refractivity contribution is -0.126. The summed E-state index contributed by atoms with van der Waals surface area (Å²) in [5.41, 5.74) is 2.02. The van der Waals surface area contributed by atoms with E-state index in [1.54, 1.807) is 0 Å². The predicted octanol–water partition coefficient (Wildman–Crippen LogP) is 3.31. The number of Topliss-reactive ketones (excluding diaryl/α,β-unsaturated/α-hetero) is 1. The number of nitrogens with one attached hydrogen (secondary N) is 2. The number of rotatable bonds is 8. The van der Waals surface area contributed by atoms with Crippen LogP contribution in [0, 0.1) is 0 Å². The summed E-state index contributed by atoms with van der Waals surface area (Å²) < 4.78 is 0. The van der Waals surface area contributed by atoms with Crippen LogP contribution in [-0.2, 0) is 16.0 Å². The van der Waals surface area contributed by atoms with E-state index in [0.717, 1.165) is 11.1 Å². The van der Waals surface area contributed by atoms with Crippen LogP contribution in [0.5, 0.6) is 0 Å². The molecule has 0 fully saturated rings. The van der Waals surface area contributed by atoms with Gasteiger partial charge in [-0.15, -0.1) is 0 Å². The average Bonchev–Trinajstić information content (AvgIpc) is 2.60. The number of carbonyl (C=O) groups is 2. The van der Waals surface area contributed by atoms with Gasteiger partial charge in [0.05, 0.1) is 12.6 Å². The molecular weight excluding hydrogens is 336 g/mol. The quantitative estimate of drug-likeness (QED) is 0.761. The highest BCUT2D eigenvalue weighted by atomic mass is 35.5. The zero-order valence-electron chi connectivity index (χ0n) is 14.5. The lowest BCUT2D eigenvalue weighted by atomic mass is 10.0. The molecule has 0 aliphatic rings. The van der Waals surface area contributed by atoms with Gasteiger partial charge in [-0.3, -0.25) is 9.59 Å². The Bertz CT molecular complexity index is 719. The average molecular weight is 359 g/mol. The fraction of sp³-hybridized carbons (Fsp3) is 0.300. The Morgan fingerprint density at radius 2 is 1.80 bits per heavy atom. The molecule has 0 radical (unpaired) electrons. The zero-order chi connectivity index (χ0) is 18.2. The number of hydrogen-bond donors (Lipinski definition) is 2. The van der Waals surface area contributed by atoms with Crippen LogP contribution in [0.2, 0.25) is 5.02 Å². The Balaban J connectivity index is 1.87. The Kier molecular flexibility index (Phi) is 7.16. The van der Waals surface area contributed by atoms with Crippen molar-refractivity contribution in [1.82, 2.24) is 10.6 Å². The summed E-state index contributed by atoms with van der Waals surface area (Å²) in [6.45, 7) is 3.59. The molecule has 2 aromatic carbocycles. The van der Waals surface area contributed by atoms with Gasteiger partial charge in [0.15, 0.2) is 5.78 Å². The second-order valence-electron chi connectivity index (χ2n) is 6.08. The first-order valence-electron chi connectivity index (χ1n) is 8.28. The van der Waals surface area contributed by atoms with Gasteiger partial charge in [-0.2, -0.15) is 0 Å². The smallest absolute Gasteiger partial charge is 0.234 e. The Morgan fingerprint density at radius 3 is 2.44 bits per heavy atom. The summed E-state index contributed by atoms with van der Waals surface area (Å²) in [6.07, 6.45) is 0.492. The van der Waals surface area contributed by atoms with Gasteiger partial charge in [0, 0.05) is 11.1 Å². The van der Waals surface area contributed by atoms with E-state index in [1.807, 2.05) is 61.5 Å². The molecule has 5 heteroatoms. The first kappa shape index (κ1) is 19.2. The number of hydrogen-bond acceptors (Lipinski definition) is 3. The molecule has 2 atom stereocenters. The second-order valence-corrected chi connectivity index (χ2v) is 6.51. The van der Waals surface area contributed by atoms with Crippen molar-refractivity contribution in [2.75, 3.05) is 6.54 Å². The van der Waals surface area contributed by atoms with E-state index in [9.17, 15) is 9.59 Å². The summed E-state index contributed by atoms with van der Waals surface area (Å²) in [4.78, 5) is 24.0. The number of halogens is 1. The highest BCUT2D eigenvalue weighted by Gasteiger charge is 2.18. The first-order valence-corrected chi connectivity index (χ1v) is 8.66. The van der Waals surface area contributed by atoms with E-state index < -0.39 is 6.04 Å². The summed E-state index contributed by atoms with van der Waals surface area (Å²) in [5.74, 6) is -0.259. The molecule has 25 heavy (non-hydrogen) atoms. The topological polar surface area (TPSA) is 58.2 Å². The third kappa shape index (κ3) is 6.33. The van der Waals surface area contributed by atoms with Gasteiger partial charge < -0.3 is 10.6 Å². The molecule has 2 N–H and O–H groups in total. The van der Waals surface area contributed by atoms with Gasteiger partial charge in [-0.1, -0.05) is 54.1 Å². The standard InChI is InChI=1S/C20H23ClN2O2/c1-14(17-9-6-10-18(21)12-17)22-13-20(25)23-19(15(2)24)11-16-7-4-3-5-8-16/h3-10,12,14,19,22H,11,13H2,1-2H3,(H,23,25)/t14-,19-/m1/s1. The molecule has 0 unspecified atom stereocenters. The third-order valence-electron chi connectivity index (χ3n) is 4.03. The van der Waals surface area contributed by atoms with Crippen molar-refractivity contribution in [3.63, 3.8) is 0 Å². The van der Waals surface area contributed by atoms with Gasteiger partial charge in [0.1, 0.15) is 0 Å². The third-order valence-corrected chi connectivity index (χ3v) is 4.26. The molecule has 2 aromatic rings. The molecular formula is C20H23ClN2O2. The van der Waals surface area contributed by atoms with Crippen LogP contribution < -0.4 is 10.6 Å². The molecule has 0 aliphatic carbocycles. The van der Waals surface area contributed by atoms with Crippen LogP contribution in [0.4, 0.5) is 0 Å². The van der Waals surface area contributed by atoms with Crippen molar-refractivity contribution >= 4 is 23.3 Å². The summed E-state index contributed by atoms with van der Waals surface area (Å²) in [6, 6.07) is 16.6. The van der Waals surface area contributed by atoms with Gasteiger partial charge >= 0.3 is 0 Å². The van der Waals surface area contributed by atoms with E-state index in [1.165, 1.54) is 6.92 Å². The van der Waals surface area contributed by atoms with Gasteiger partial charge in [0.25, 0.3) is 0 Å². The van der Waals surface area contributed by atoms with E-state index in [4.69, 9.17) is 11.6 Å². The van der Waals surface area contributed by atoms with E-state index in [-0.39, 0.29) is 24.3 Å². The van der Waals surface area contributed by atoms with E-state index in [2.05, 4.69) is 10.6 Å². The van der Waals surface area contributed by atoms with Crippen molar-refractivity contribution in [3.05, 3.63) is 70.7 Å². The van der Waals surface area contributed by atoms with Gasteiger partial charge in [-0.25, -0.2) is 0 Å². The Morgan fingerprint density at radius 1 is 1.08 bits per heavy atom. The van der Waals surface area contributed by atoms with Crippen molar-refractivity contribution in [2.45, 2.75) is 32.4 Å². The molecule has 4 nitrogen and oxygen atoms in total. The van der Waals surface area contributed by atoms with Crippen molar-refractivity contribution in [1.29, 1.82) is 0 Å². The molecule has 0 aromatic heterocycles. The van der Waals surface area contributed by atoms with Gasteiger partial charge in [-0.05, 0) is 43.5 Å². The van der Waals surface area contributed by atoms with Gasteiger partial charge in [0.2, 0.25) is 5.91 Å². The minimum atomic E-state index is -0.516. The maximum Gasteiger partial charge on any atom is 0.234 e. The van der Waals surface area contributed by atoms with E-state index >= 15 is 0 Å². The van der Waals surface area contributed by atoms with Crippen molar-refractivity contribution in [3.8, 4) is 0 Å². The first-order chi connectivity index (χ1) is 12.0. The molecule has 0 heterocycles. The minimum Gasteiger partial charge on any atom is -0.345 e. The fourth-order valence-corrected chi connectivity index (χ4v) is 2.73. The number of carbonyl (C=O) groups excluding carboxylic acids is 2. The molecule has 0 aliphatic heterocycles. The van der Waals surface area contributed by atoms with Crippen molar-refractivity contribution < 1.29 is 9.59 Å². The molecule has 1 amide bonds. The van der Waals surface area contributed by atoms with Crippen molar-refractivity contribution in [2.24, 2.45) is 0 Å². The summed E-state index contributed by atoms with van der Waals surface area (Å²) in [7, 11) is 0. The Hall–Kier alpha value is -2.17. The molecule has 0 saturated carbocycles. The summed E-state index contributed by atoms with van der Waals surface area (Å²) in [5, 5.41) is 6.62. The zero-order valence-corrected chi connectivity index (χ0v) is 15.2. The Labute approximate surface area is 153 Å². The fourth-order valence-electron chi connectivity index (χ4n) is 2.53. The maximum atomic E-state index is 12.2. The van der Waals surface area contributed by atoms with Crippen LogP contribution in [0.25, 0.3) is 0 Å². The second kappa shape index (κ2) is 9.35.